The second kappa shape index (κ2) is 8.62. The van der Waals surface area contributed by atoms with E-state index in [1.54, 1.807) is 0 Å². The van der Waals surface area contributed by atoms with Gasteiger partial charge in [-0.25, -0.2) is 0 Å². The van der Waals surface area contributed by atoms with Gasteiger partial charge in [0.15, 0.2) is 0 Å². The molecule has 2 N–H and O–H groups in total. The van der Waals surface area contributed by atoms with Crippen molar-refractivity contribution in [3.05, 3.63) is 17.5 Å². The van der Waals surface area contributed by atoms with Gasteiger partial charge in [0.1, 0.15) is 0 Å². The first kappa shape index (κ1) is 17.4. The molecule has 0 atom stereocenters. The van der Waals surface area contributed by atoms with E-state index in [0.29, 0.717) is 19.4 Å². The van der Waals surface area contributed by atoms with Crippen molar-refractivity contribution >= 4 is 5.91 Å². The van der Waals surface area contributed by atoms with Gasteiger partial charge in [0.2, 0.25) is 5.91 Å². The summed E-state index contributed by atoms with van der Waals surface area (Å²) in [5.74, 6) is -0.0175. The van der Waals surface area contributed by atoms with Crippen molar-refractivity contribution in [1.29, 1.82) is 0 Å². The molecule has 1 saturated carbocycles. The summed E-state index contributed by atoms with van der Waals surface area (Å²) in [6.07, 6.45) is 9.07. The zero-order valence-corrected chi connectivity index (χ0v) is 14.5. The number of nitrogens with one attached hydrogen (secondary N) is 1. The number of carbonyl (C=O) groups is 1. The number of aromatic nitrogens is 2. The number of aryl methyl sites for hydroxylation is 2. The molecule has 1 fully saturated rings. The van der Waals surface area contributed by atoms with E-state index in [1.165, 1.54) is 44.3 Å². The van der Waals surface area contributed by atoms with E-state index < -0.39 is 0 Å². The fraction of sp³-hybridized carbons (Fsp3) is 0.778. The average Bonchev–Trinajstić information content (AvgIpc) is 2.89. The minimum absolute atomic E-state index is 0.0124. The fourth-order valence-corrected chi connectivity index (χ4v) is 3.95. The molecule has 1 amide bonds. The summed E-state index contributed by atoms with van der Waals surface area (Å²) >= 11 is 0. The molecule has 1 aliphatic carbocycles. The first-order chi connectivity index (χ1) is 11.8. The molecule has 0 aromatic carbocycles. The van der Waals surface area contributed by atoms with Crippen LogP contribution in [0.15, 0.2) is 6.07 Å². The zero-order valence-electron chi connectivity index (χ0n) is 14.5. The second-order valence-corrected chi connectivity index (χ2v) is 7.04. The number of carbonyl (C=O) groups excluding carboxylic acids is 1. The second-order valence-electron chi connectivity index (χ2n) is 7.04. The summed E-state index contributed by atoms with van der Waals surface area (Å²) in [5.41, 5.74) is 2.30. The Kier molecular flexibility index (Phi) is 6.26. The molecule has 1 aromatic rings. The van der Waals surface area contributed by atoms with Crippen LogP contribution in [0.4, 0.5) is 0 Å². The third-order valence-corrected chi connectivity index (χ3v) is 5.23. The van der Waals surface area contributed by atoms with Crippen molar-refractivity contribution in [2.75, 3.05) is 19.7 Å². The summed E-state index contributed by atoms with van der Waals surface area (Å²) in [5, 5.41) is 16.1. The Balaban J connectivity index is 1.57. The Bertz CT molecular complexity index is 537. The molecular formula is C18H30N4O2. The van der Waals surface area contributed by atoms with Crippen LogP contribution in [-0.4, -0.2) is 51.4 Å². The van der Waals surface area contributed by atoms with Crippen LogP contribution in [0.2, 0.25) is 0 Å². The standard InChI is InChI=1S/C18H30N4O2/c23-12-9-19-18(24)8-7-15-13-17-14-21(10-4-11-22(17)20-15)16-5-2-1-3-6-16/h13,16,23H,1-12,14H2,(H,19,24). The maximum absolute atomic E-state index is 11.7. The molecule has 0 spiro atoms. The molecular weight excluding hydrogens is 304 g/mol. The molecule has 3 rings (SSSR count). The highest BCUT2D eigenvalue weighted by molar-refractivity contribution is 5.76. The minimum Gasteiger partial charge on any atom is -0.395 e. The summed E-state index contributed by atoms with van der Waals surface area (Å²) in [6, 6.07) is 2.92. The average molecular weight is 334 g/mol. The smallest absolute Gasteiger partial charge is 0.220 e. The van der Waals surface area contributed by atoms with Gasteiger partial charge < -0.3 is 10.4 Å². The maximum Gasteiger partial charge on any atom is 0.220 e. The number of hydrogen-bond acceptors (Lipinski definition) is 4. The molecule has 1 aromatic heterocycles. The van der Waals surface area contributed by atoms with Gasteiger partial charge in [-0.2, -0.15) is 5.10 Å². The van der Waals surface area contributed by atoms with E-state index in [-0.39, 0.29) is 12.5 Å². The molecule has 0 radical (unpaired) electrons. The summed E-state index contributed by atoms with van der Waals surface area (Å²) in [6.45, 7) is 3.47. The Hall–Kier alpha value is -1.40. The number of nitrogens with zero attached hydrogens (tertiary/aromatic N) is 3. The number of aliphatic hydroxyl groups is 1. The Morgan fingerprint density at radius 1 is 1.25 bits per heavy atom. The van der Waals surface area contributed by atoms with Gasteiger partial charge in [-0.15, -0.1) is 0 Å². The number of amides is 1. The fourth-order valence-electron chi connectivity index (χ4n) is 3.95. The lowest BCUT2D eigenvalue weighted by Gasteiger charge is -2.33. The van der Waals surface area contributed by atoms with Gasteiger partial charge in [0.05, 0.1) is 18.0 Å². The normalized spacial score (nSPS) is 19.7. The van der Waals surface area contributed by atoms with Crippen LogP contribution in [0.3, 0.4) is 0 Å². The zero-order chi connectivity index (χ0) is 16.8. The van der Waals surface area contributed by atoms with Gasteiger partial charge in [0.25, 0.3) is 0 Å². The Morgan fingerprint density at radius 3 is 2.88 bits per heavy atom. The van der Waals surface area contributed by atoms with E-state index in [0.717, 1.165) is 31.2 Å². The molecule has 0 unspecified atom stereocenters. The molecule has 24 heavy (non-hydrogen) atoms. The SMILES string of the molecule is O=C(CCc1cc2n(n1)CCCN(C1CCCCC1)C2)NCCO. The Morgan fingerprint density at radius 2 is 2.08 bits per heavy atom. The monoisotopic (exact) mass is 334 g/mol. The molecule has 0 bridgehead atoms. The summed E-state index contributed by atoms with van der Waals surface area (Å²) in [4.78, 5) is 14.3. The van der Waals surface area contributed by atoms with Gasteiger partial charge in [0, 0.05) is 45.1 Å². The third-order valence-electron chi connectivity index (χ3n) is 5.23. The van der Waals surface area contributed by atoms with Gasteiger partial charge in [-0.05, 0) is 25.3 Å². The molecule has 6 heteroatoms. The topological polar surface area (TPSA) is 70.4 Å². The number of aliphatic hydroxyl groups excluding tert-OH is 1. The molecule has 6 nitrogen and oxygen atoms in total. The van der Waals surface area contributed by atoms with Gasteiger partial charge in [-0.1, -0.05) is 19.3 Å². The third kappa shape index (κ3) is 4.57. The molecule has 134 valence electrons. The van der Waals surface area contributed by atoms with Crippen molar-refractivity contribution in [1.82, 2.24) is 20.0 Å². The lowest BCUT2D eigenvalue weighted by molar-refractivity contribution is -0.121. The first-order valence-electron chi connectivity index (χ1n) is 9.43. The summed E-state index contributed by atoms with van der Waals surface area (Å²) in [7, 11) is 0. The van der Waals surface area contributed by atoms with Crippen LogP contribution >= 0.6 is 0 Å². The molecule has 2 heterocycles. The van der Waals surface area contributed by atoms with Crippen molar-refractivity contribution in [2.45, 2.75) is 70.5 Å². The van der Waals surface area contributed by atoms with Crippen LogP contribution in [0.1, 0.15) is 56.3 Å². The lowest BCUT2D eigenvalue weighted by atomic mass is 9.94. The van der Waals surface area contributed by atoms with E-state index in [2.05, 4.69) is 21.0 Å². The quantitative estimate of drug-likeness (QED) is 0.826. The predicted molar refractivity (Wildman–Crippen MR) is 92.5 cm³/mol. The maximum atomic E-state index is 11.7. The predicted octanol–water partition coefficient (Wildman–Crippen LogP) is 1.46. The van der Waals surface area contributed by atoms with E-state index in [1.807, 2.05) is 0 Å². The van der Waals surface area contributed by atoms with Crippen LogP contribution in [0.25, 0.3) is 0 Å². The van der Waals surface area contributed by atoms with E-state index >= 15 is 0 Å². The van der Waals surface area contributed by atoms with Crippen molar-refractivity contribution < 1.29 is 9.90 Å². The minimum atomic E-state index is -0.0175. The Labute approximate surface area is 144 Å². The highest BCUT2D eigenvalue weighted by atomic mass is 16.3. The van der Waals surface area contributed by atoms with Crippen molar-refractivity contribution in [3.8, 4) is 0 Å². The highest BCUT2D eigenvalue weighted by Gasteiger charge is 2.24. The number of rotatable bonds is 6. The van der Waals surface area contributed by atoms with Gasteiger partial charge in [-0.3, -0.25) is 14.4 Å². The van der Waals surface area contributed by atoms with Crippen molar-refractivity contribution in [3.63, 3.8) is 0 Å². The van der Waals surface area contributed by atoms with Crippen LogP contribution in [-0.2, 0) is 24.3 Å². The van der Waals surface area contributed by atoms with Crippen LogP contribution < -0.4 is 5.32 Å². The molecule has 1 aliphatic heterocycles. The van der Waals surface area contributed by atoms with E-state index in [9.17, 15) is 4.79 Å². The molecule has 0 saturated heterocycles. The first-order valence-corrected chi connectivity index (χ1v) is 9.43. The van der Waals surface area contributed by atoms with E-state index in [4.69, 9.17) is 10.2 Å². The van der Waals surface area contributed by atoms with Crippen LogP contribution in [0.5, 0.6) is 0 Å². The molecule has 2 aliphatic rings. The number of fused-ring (bicyclic) bond motifs is 1. The number of hydrogen-bond donors (Lipinski definition) is 2. The van der Waals surface area contributed by atoms with Crippen molar-refractivity contribution in [2.24, 2.45) is 0 Å². The largest absolute Gasteiger partial charge is 0.395 e. The summed E-state index contributed by atoms with van der Waals surface area (Å²) < 4.78 is 2.14. The van der Waals surface area contributed by atoms with Gasteiger partial charge >= 0.3 is 0 Å². The lowest BCUT2D eigenvalue weighted by Crippen LogP contribution is -2.36. The van der Waals surface area contributed by atoms with Crippen LogP contribution in [0, 0.1) is 0 Å². The highest BCUT2D eigenvalue weighted by Crippen LogP contribution is 2.26.